The Balaban J connectivity index is 5.14. The van der Waals surface area contributed by atoms with Crippen LogP contribution in [0.15, 0.2) is 0 Å². The van der Waals surface area contributed by atoms with Crippen molar-refractivity contribution >= 4 is 38.4 Å². The van der Waals surface area contributed by atoms with E-state index in [2.05, 4.69) is 27.7 Å². The third kappa shape index (κ3) is 8.22. The van der Waals surface area contributed by atoms with Crippen LogP contribution in [0.2, 0.25) is 17.7 Å². The van der Waals surface area contributed by atoms with Gasteiger partial charge in [-0.15, -0.1) is 0 Å². The summed E-state index contributed by atoms with van der Waals surface area (Å²) < 4.78 is 24.0. The molecular weight excluding hydrogens is 478 g/mol. The van der Waals surface area contributed by atoms with Crippen LogP contribution >= 0.6 is 0 Å². The van der Waals surface area contributed by atoms with E-state index in [0.717, 1.165) is 0 Å². The van der Waals surface area contributed by atoms with Crippen LogP contribution in [0.4, 0.5) is 0 Å². The zero-order valence-electron chi connectivity index (χ0n) is 15.3. The first kappa shape index (κ1) is 22.5. The van der Waals surface area contributed by atoms with E-state index in [4.69, 9.17) is 7.56 Å². The summed E-state index contributed by atoms with van der Waals surface area (Å²) in [5.41, 5.74) is 0. The standard InChI is InChI=1S/2C4H9.2C3H7.2CH3O.O.2Sn/c2*1-3-4-2;2*1-3-2;2*1-2;;;/h2*1,3-4H2,2H3;2*1,3H2,2H3;2*1H3;;;/q;;;;2*-1;;2*+1. The van der Waals surface area contributed by atoms with Crippen molar-refractivity contribution in [2.24, 2.45) is 0 Å². The Morgan fingerprint density at radius 3 is 1.19 bits per heavy atom. The topological polar surface area (TPSA) is 27.7 Å². The van der Waals surface area contributed by atoms with Crippen LogP contribution in [-0.2, 0) is 7.56 Å². The van der Waals surface area contributed by atoms with Gasteiger partial charge in [-0.3, -0.25) is 0 Å². The molecule has 0 radical (unpaired) electrons. The van der Waals surface area contributed by atoms with E-state index >= 15 is 0 Å². The Hall–Kier alpha value is 1.48. The van der Waals surface area contributed by atoms with Crippen molar-refractivity contribution in [2.75, 3.05) is 14.2 Å². The number of hydrogen-bond acceptors (Lipinski definition) is 3. The predicted molar refractivity (Wildman–Crippen MR) is 96.2 cm³/mol. The SMILES string of the molecule is CCC[CH2][Sn]([CH2]CC)([O]C)[O][Sn]([CH2]CC)([CH2]CCC)[O]C. The second-order valence-electron chi connectivity index (χ2n) is 6.04. The molecule has 2 atom stereocenters. The fourth-order valence-electron chi connectivity index (χ4n) is 2.94. The van der Waals surface area contributed by atoms with Crippen LogP contribution in [0.3, 0.4) is 0 Å². The first-order valence-corrected chi connectivity index (χ1v) is 21.6. The first-order chi connectivity index (χ1) is 10.1. The van der Waals surface area contributed by atoms with Crippen LogP contribution in [-0.4, -0.2) is 52.6 Å². The average Bonchev–Trinajstić information content (AvgIpc) is 2.50. The Morgan fingerprint density at radius 1 is 0.571 bits per heavy atom. The van der Waals surface area contributed by atoms with Crippen molar-refractivity contribution in [1.82, 2.24) is 0 Å². The van der Waals surface area contributed by atoms with Crippen molar-refractivity contribution < 1.29 is 7.56 Å². The molecule has 3 nitrogen and oxygen atoms in total. The molecule has 0 aromatic heterocycles. The summed E-state index contributed by atoms with van der Waals surface area (Å²) in [4.78, 5) is 0. The summed E-state index contributed by atoms with van der Waals surface area (Å²) in [6.45, 7) is 9.04. The van der Waals surface area contributed by atoms with Crippen molar-refractivity contribution in [3.05, 3.63) is 0 Å². The molecule has 0 heterocycles. The second-order valence-corrected chi connectivity index (χ2v) is 29.0. The summed E-state index contributed by atoms with van der Waals surface area (Å²) in [6.07, 6.45) is 7.31. The summed E-state index contributed by atoms with van der Waals surface area (Å²) >= 11 is -5.83. The Labute approximate surface area is 143 Å². The van der Waals surface area contributed by atoms with Crippen LogP contribution in [0.5, 0.6) is 0 Å². The maximum atomic E-state index is 6.98. The predicted octanol–water partition coefficient (Wildman–Crippen LogP) is 5.60. The molecule has 0 spiro atoms. The van der Waals surface area contributed by atoms with Crippen molar-refractivity contribution in [3.63, 3.8) is 0 Å². The third-order valence-electron chi connectivity index (χ3n) is 4.20. The van der Waals surface area contributed by atoms with Gasteiger partial charge in [-0.25, -0.2) is 0 Å². The molecular formula is C16H38O3Sn2. The Morgan fingerprint density at radius 2 is 0.952 bits per heavy atom. The molecule has 0 aromatic carbocycles. The second kappa shape index (κ2) is 12.8. The van der Waals surface area contributed by atoms with Gasteiger partial charge in [0, 0.05) is 0 Å². The molecule has 5 heteroatoms. The molecule has 0 fully saturated rings. The van der Waals surface area contributed by atoms with Crippen LogP contribution in [0.1, 0.15) is 66.2 Å². The molecule has 0 N–H and O–H groups in total. The van der Waals surface area contributed by atoms with E-state index in [1.807, 2.05) is 14.2 Å². The molecule has 0 rings (SSSR count). The summed E-state index contributed by atoms with van der Waals surface area (Å²) in [5, 5.41) is 0. The van der Waals surface area contributed by atoms with Crippen molar-refractivity contribution in [3.8, 4) is 0 Å². The quantitative estimate of drug-likeness (QED) is 0.282. The van der Waals surface area contributed by atoms with Gasteiger partial charge in [0.15, 0.2) is 0 Å². The van der Waals surface area contributed by atoms with E-state index in [1.54, 1.807) is 0 Å². The molecule has 0 aliphatic carbocycles. The van der Waals surface area contributed by atoms with E-state index in [9.17, 15) is 0 Å². The fraction of sp³-hybridized carbons (Fsp3) is 1.00. The van der Waals surface area contributed by atoms with Gasteiger partial charge in [0.25, 0.3) is 0 Å². The molecule has 128 valence electrons. The minimum absolute atomic E-state index is 1.18. The number of hydrogen-bond donors (Lipinski definition) is 0. The van der Waals surface area contributed by atoms with E-state index in [0.29, 0.717) is 0 Å². The molecule has 0 aromatic rings. The maximum absolute atomic E-state index is 6.98. The minimum atomic E-state index is -2.92. The van der Waals surface area contributed by atoms with Gasteiger partial charge >= 0.3 is 144 Å². The van der Waals surface area contributed by atoms with Crippen molar-refractivity contribution in [2.45, 2.75) is 84.0 Å². The van der Waals surface area contributed by atoms with Gasteiger partial charge in [-0.05, 0) is 0 Å². The summed E-state index contributed by atoms with van der Waals surface area (Å²) in [7, 11) is 3.80. The molecule has 0 aliphatic heterocycles. The molecule has 2 unspecified atom stereocenters. The number of rotatable bonds is 14. The normalized spacial score (nSPS) is 17.4. The van der Waals surface area contributed by atoms with Crippen molar-refractivity contribution in [1.29, 1.82) is 0 Å². The molecule has 0 saturated carbocycles. The van der Waals surface area contributed by atoms with Gasteiger partial charge in [-0.2, -0.15) is 0 Å². The van der Waals surface area contributed by atoms with Crippen LogP contribution < -0.4 is 0 Å². The number of unbranched alkanes of at least 4 members (excludes halogenated alkanes) is 2. The molecule has 0 saturated heterocycles. The third-order valence-corrected chi connectivity index (χ3v) is 38.4. The van der Waals surface area contributed by atoms with E-state index in [1.165, 1.54) is 56.3 Å². The van der Waals surface area contributed by atoms with Crippen LogP contribution in [0.25, 0.3) is 0 Å². The van der Waals surface area contributed by atoms with Gasteiger partial charge < -0.3 is 0 Å². The first-order valence-electron chi connectivity index (χ1n) is 8.88. The average molecular weight is 516 g/mol. The van der Waals surface area contributed by atoms with Gasteiger partial charge in [0.1, 0.15) is 0 Å². The van der Waals surface area contributed by atoms with Gasteiger partial charge in [0.05, 0.1) is 0 Å². The zero-order valence-corrected chi connectivity index (χ0v) is 21.0. The summed E-state index contributed by atoms with van der Waals surface area (Å²) in [6, 6.07) is 0. The fourth-order valence-corrected chi connectivity index (χ4v) is 43.7. The van der Waals surface area contributed by atoms with Crippen LogP contribution in [0, 0.1) is 0 Å². The van der Waals surface area contributed by atoms with Gasteiger partial charge in [0.2, 0.25) is 0 Å². The van der Waals surface area contributed by atoms with Gasteiger partial charge in [-0.1, -0.05) is 0 Å². The van der Waals surface area contributed by atoms with E-state index in [-0.39, 0.29) is 0 Å². The Kier molecular flexibility index (Phi) is 13.8. The molecule has 21 heavy (non-hydrogen) atoms. The Bertz CT molecular complexity index is 230. The summed E-state index contributed by atoms with van der Waals surface area (Å²) in [5.74, 6) is 0. The molecule has 0 amide bonds. The van der Waals surface area contributed by atoms with E-state index < -0.39 is 38.4 Å². The zero-order chi connectivity index (χ0) is 16.2. The molecule has 0 bridgehead atoms. The molecule has 0 aliphatic rings. The monoisotopic (exact) mass is 518 g/mol.